The van der Waals surface area contributed by atoms with Crippen LogP contribution in [0.5, 0.6) is 0 Å². The molecule has 0 radical (unpaired) electrons. The van der Waals surface area contributed by atoms with Gasteiger partial charge < -0.3 is 10.0 Å². The smallest absolute Gasteiger partial charge is 0.305 e. The molecule has 1 aromatic carbocycles. The maximum absolute atomic E-state index is 13.3. The number of nitrogens with zero attached hydrogens (tertiary/aromatic N) is 3. The summed E-state index contributed by atoms with van der Waals surface area (Å²) < 4.78 is 27.9. The number of hydrogen-bond donors (Lipinski definition) is 1. The summed E-state index contributed by atoms with van der Waals surface area (Å²) in [6.07, 6.45) is -0.263. The molecule has 0 bridgehead atoms. The van der Waals surface area contributed by atoms with Crippen LogP contribution in [0.4, 0.5) is 8.78 Å². The number of carboxylic acids is 1. The van der Waals surface area contributed by atoms with E-state index in [-0.39, 0.29) is 25.2 Å². The van der Waals surface area contributed by atoms with E-state index in [2.05, 4.69) is 5.10 Å². The molecule has 6 nitrogen and oxygen atoms in total. The van der Waals surface area contributed by atoms with Crippen LogP contribution in [-0.2, 0) is 18.4 Å². The Labute approximate surface area is 137 Å². The molecular formula is C16H17F2N3O3. The van der Waals surface area contributed by atoms with Crippen molar-refractivity contribution >= 4 is 11.9 Å². The number of amides is 1. The molecule has 24 heavy (non-hydrogen) atoms. The third-order valence-corrected chi connectivity index (χ3v) is 3.57. The van der Waals surface area contributed by atoms with Crippen molar-refractivity contribution in [2.45, 2.75) is 19.9 Å². The number of aryl methyl sites for hydroxylation is 2. The predicted molar refractivity (Wildman–Crippen MR) is 81.3 cm³/mol. The molecule has 0 aliphatic carbocycles. The van der Waals surface area contributed by atoms with Gasteiger partial charge >= 0.3 is 5.97 Å². The number of carbonyl (C=O) groups is 2. The Hall–Kier alpha value is -2.77. The average molecular weight is 337 g/mol. The van der Waals surface area contributed by atoms with Crippen molar-refractivity contribution < 1.29 is 23.5 Å². The molecule has 1 heterocycles. The first kappa shape index (κ1) is 17.6. The van der Waals surface area contributed by atoms with Gasteiger partial charge in [0.15, 0.2) is 17.3 Å². The Bertz CT molecular complexity index is 754. The van der Waals surface area contributed by atoms with E-state index in [0.717, 1.165) is 17.8 Å². The van der Waals surface area contributed by atoms with E-state index in [1.165, 1.54) is 15.6 Å². The molecule has 128 valence electrons. The number of aliphatic carboxylic acids is 1. The molecule has 2 rings (SSSR count). The van der Waals surface area contributed by atoms with Crippen molar-refractivity contribution in [2.24, 2.45) is 7.05 Å². The van der Waals surface area contributed by atoms with Crippen molar-refractivity contribution in [1.29, 1.82) is 0 Å². The summed E-state index contributed by atoms with van der Waals surface area (Å²) in [4.78, 5) is 24.6. The quantitative estimate of drug-likeness (QED) is 0.876. The zero-order valence-corrected chi connectivity index (χ0v) is 13.3. The number of carbonyl (C=O) groups excluding carboxylic acids is 1. The molecule has 1 amide bonds. The van der Waals surface area contributed by atoms with E-state index in [0.29, 0.717) is 5.56 Å². The first-order valence-corrected chi connectivity index (χ1v) is 7.23. The topological polar surface area (TPSA) is 75.4 Å². The Morgan fingerprint density at radius 3 is 2.50 bits per heavy atom. The van der Waals surface area contributed by atoms with Gasteiger partial charge in [-0.25, -0.2) is 8.78 Å². The molecule has 1 aromatic heterocycles. The highest BCUT2D eigenvalue weighted by Gasteiger charge is 2.20. The molecule has 1 N–H and O–H groups in total. The van der Waals surface area contributed by atoms with Crippen molar-refractivity contribution in [3.8, 4) is 0 Å². The SMILES string of the molecule is Cc1cc(C(=O)N(CCC(=O)O)Cc2ccc(F)c(F)c2)nn1C. The van der Waals surface area contributed by atoms with Gasteiger partial charge in [-0.05, 0) is 30.7 Å². The lowest BCUT2D eigenvalue weighted by molar-refractivity contribution is -0.137. The summed E-state index contributed by atoms with van der Waals surface area (Å²) in [6, 6.07) is 4.89. The molecule has 0 unspecified atom stereocenters. The molecule has 2 aromatic rings. The van der Waals surface area contributed by atoms with Crippen LogP contribution in [0.1, 0.15) is 28.2 Å². The number of benzene rings is 1. The third-order valence-electron chi connectivity index (χ3n) is 3.57. The normalized spacial score (nSPS) is 10.7. The Balaban J connectivity index is 2.24. The van der Waals surface area contributed by atoms with E-state index >= 15 is 0 Å². The van der Waals surface area contributed by atoms with Crippen LogP contribution in [0.3, 0.4) is 0 Å². The van der Waals surface area contributed by atoms with Crippen molar-refractivity contribution in [1.82, 2.24) is 14.7 Å². The van der Waals surface area contributed by atoms with Crippen molar-refractivity contribution in [3.05, 3.63) is 52.9 Å². The van der Waals surface area contributed by atoms with Gasteiger partial charge in [-0.3, -0.25) is 14.3 Å². The maximum Gasteiger partial charge on any atom is 0.305 e. The fraction of sp³-hybridized carbons (Fsp3) is 0.312. The molecule has 0 atom stereocenters. The standard InChI is InChI=1S/C16H17F2N3O3/c1-10-7-14(19-20(10)2)16(24)21(6-5-15(22)23)9-11-3-4-12(17)13(18)8-11/h3-4,7-8H,5-6,9H2,1-2H3,(H,22,23). The van der Waals surface area contributed by atoms with Gasteiger partial charge in [-0.15, -0.1) is 0 Å². The highest BCUT2D eigenvalue weighted by Crippen LogP contribution is 2.14. The largest absolute Gasteiger partial charge is 0.481 e. The lowest BCUT2D eigenvalue weighted by Crippen LogP contribution is -2.33. The molecule has 0 aliphatic heterocycles. The molecule has 0 spiro atoms. The second kappa shape index (κ2) is 7.20. The van der Waals surface area contributed by atoms with Crippen LogP contribution in [-0.4, -0.2) is 38.2 Å². The minimum Gasteiger partial charge on any atom is -0.481 e. The van der Waals surface area contributed by atoms with Gasteiger partial charge in [-0.1, -0.05) is 6.07 Å². The number of carboxylic acid groups (broad SMARTS) is 1. The molecule has 0 saturated carbocycles. The summed E-state index contributed by atoms with van der Waals surface area (Å²) >= 11 is 0. The van der Waals surface area contributed by atoms with Crippen LogP contribution in [0.2, 0.25) is 0 Å². The van der Waals surface area contributed by atoms with Crippen LogP contribution in [0.15, 0.2) is 24.3 Å². The molecule has 0 fully saturated rings. The Kier molecular flexibility index (Phi) is 5.28. The fourth-order valence-electron chi connectivity index (χ4n) is 2.17. The van der Waals surface area contributed by atoms with Crippen LogP contribution >= 0.6 is 0 Å². The van der Waals surface area contributed by atoms with E-state index in [4.69, 9.17) is 5.11 Å². The minimum absolute atomic E-state index is 0.0427. The summed E-state index contributed by atoms with van der Waals surface area (Å²) in [7, 11) is 1.68. The first-order valence-electron chi connectivity index (χ1n) is 7.23. The van der Waals surface area contributed by atoms with Gasteiger partial charge in [0.05, 0.1) is 6.42 Å². The average Bonchev–Trinajstić information content (AvgIpc) is 2.85. The number of halogens is 2. The third kappa shape index (κ3) is 4.15. The maximum atomic E-state index is 13.3. The van der Waals surface area contributed by atoms with E-state index in [1.807, 2.05) is 0 Å². The number of rotatable bonds is 6. The summed E-state index contributed by atoms with van der Waals surface area (Å²) in [5, 5.41) is 12.9. The predicted octanol–water partition coefficient (Wildman–Crippen LogP) is 2.12. The van der Waals surface area contributed by atoms with E-state index in [9.17, 15) is 18.4 Å². The zero-order chi connectivity index (χ0) is 17.9. The summed E-state index contributed by atoms with van der Waals surface area (Å²) in [5.74, 6) is -3.53. The summed E-state index contributed by atoms with van der Waals surface area (Å²) in [5.41, 5.74) is 1.30. The van der Waals surface area contributed by atoms with Crippen LogP contribution in [0.25, 0.3) is 0 Å². The number of aromatic nitrogens is 2. The highest BCUT2D eigenvalue weighted by molar-refractivity contribution is 5.92. The van der Waals surface area contributed by atoms with Gasteiger partial charge in [0.1, 0.15) is 0 Å². The second-order valence-electron chi connectivity index (χ2n) is 5.41. The van der Waals surface area contributed by atoms with Crippen molar-refractivity contribution in [2.75, 3.05) is 6.54 Å². The Morgan fingerprint density at radius 1 is 1.25 bits per heavy atom. The highest BCUT2D eigenvalue weighted by atomic mass is 19.2. The zero-order valence-electron chi connectivity index (χ0n) is 13.3. The van der Waals surface area contributed by atoms with Crippen LogP contribution < -0.4 is 0 Å². The lowest BCUT2D eigenvalue weighted by Gasteiger charge is -2.21. The van der Waals surface area contributed by atoms with E-state index in [1.54, 1.807) is 20.0 Å². The molecular weight excluding hydrogens is 320 g/mol. The molecule has 0 aliphatic rings. The van der Waals surface area contributed by atoms with Gasteiger partial charge in [-0.2, -0.15) is 5.10 Å². The van der Waals surface area contributed by atoms with Gasteiger partial charge in [0, 0.05) is 25.8 Å². The van der Waals surface area contributed by atoms with Gasteiger partial charge in [0.25, 0.3) is 5.91 Å². The second-order valence-corrected chi connectivity index (χ2v) is 5.41. The Morgan fingerprint density at radius 2 is 1.96 bits per heavy atom. The van der Waals surface area contributed by atoms with Gasteiger partial charge in [0.2, 0.25) is 0 Å². The minimum atomic E-state index is -1.06. The lowest BCUT2D eigenvalue weighted by atomic mass is 10.2. The number of hydrogen-bond acceptors (Lipinski definition) is 3. The molecule has 8 heteroatoms. The monoisotopic (exact) mass is 337 g/mol. The van der Waals surface area contributed by atoms with Crippen LogP contribution in [0, 0.1) is 18.6 Å². The van der Waals surface area contributed by atoms with E-state index < -0.39 is 23.5 Å². The van der Waals surface area contributed by atoms with Crippen molar-refractivity contribution in [3.63, 3.8) is 0 Å². The fourth-order valence-corrected chi connectivity index (χ4v) is 2.17. The summed E-state index contributed by atoms with van der Waals surface area (Å²) in [6.45, 7) is 1.67. The molecule has 0 saturated heterocycles. The first-order chi connectivity index (χ1) is 11.3.